The molecule has 2 aromatic carbocycles. The fourth-order valence-electron chi connectivity index (χ4n) is 2.86. The van der Waals surface area contributed by atoms with Crippen molar-refractivity contribution in [1.82, 2.24) is 9.99 Å². The van der Waals surface area contributed by atoms with E-state index in [1.165, 1.54) is 10.8 Å². The lowest BCUT2D eigenvalue weighted by atomic mass is 10.1. The van der Waals surface area contributed by atoms with E-state index in [1.807, 2.05) is 32.0 Å². The van der Waals surface area contributed by atoms with Gasteiger partial charge in [0.05, 0.1) is 11.9 Å². The molecule has 3 N–H and O–H groups in total. The molecule has 0 spiro atoms. The zero-order chi connectivity index (χ0) is 16.4. The van der Waals surface area contributed by atoms with Gasteiger partial charge in [0.25, 0.3) is 0 Å². The fourth-order valence-corrected chi connectivity index (χ4v) is 2.86. The largest absolute Gasteiger partial charge is 0.350 e. The summed E-state index contributed by atoms with van der Waals surface area (Å²) >= 11 is 0. The number of hydrazone groups is 1. The standard InChI is InChI=1S/C18H18N4O/c1-12-10-15(11-20-21-18(19)23)13(2)22(12)17-9-5-7-14-6-3-4-8-16(14)17/h3-11H,1-2H3,(H3,19,21,23). The van der Waals surface area contributed by atoms with Crippen LogP contribution in [-0.4, -0.2) is 16.8 Å². The van der Waals surface area contributed by atoms with Crippen LogP contribution in [0, 0.1) is 13.8 Å². The number of carbonyl (C=O) groups excluding carboxylic acids is 1. The van der Waals surface area contributed by atoms with Crippen molar-refractivity contribution in [3.63, 3.8) is 0 Å². The molecule has 0 bridgehead atoms. The van der Waals surface area contributed by atoms with Gasteiger partial charge in [0.2, 0.25) is 0 Å². The van der Waals surface area contributed by atoms with Crippen LogP contribution in [0.5, 0.6) is 0 Å². The number of hydrogen-bond donors (Lipinski definition) is 2. The summed E-state index contributed by atoms with van der Waals surface area (Å²) < 4.78 is 2.19. The zero-order valence-electron chi connectivity index (χ0n) is 13.1. The third kappa shape index (κ3) is 2.81. The Labute approximate surface area is 134 Å². The van der Waals surface area contributed by atoms with Gasteiger partial charge in [-0.25, -0.2) is 10.2 Å². The van der Waals surface area contributed by atoms with E-state index in [9.17, 15) is 4.79 Å². The number of carbonyl (C=O) groups is 1. The van der Waals surface area contributed by atoms with Gasteiger partial charge in [-0.15, -0.1) is 0 Å². The van der Waals surface area contributed by atoms with Crippen molar-refractivity contribution in [2.45, 2.75) is 13.8 Å². The molecule has 1 aromatic heterocycles. The van der Waals surface area contributed by atoms with Crippen LogP contribution in [-0.2, 0) is 0 Å². The highest BCUT2D eigenvalue weighted by Gasteiger charge is 2.11. The number of aromatic nitrogens is 1. The van der Waals surface area contributed by atoms with Crippen LogP contribution >= 0.6 is 0 Å². The predicted octanol–water partition coefficient (Wildman–Crippen LogP) is 3.25. The quantitative estimate of drug-likeness (QED) is 0.566. The maximum Gasteiger partial charge on any atom is 0.332 e. The number of nitrogens with one attached hydrogen (secondary N) is 1. The van der Waals surface area contributed by atoms with E-state index < -0.39 is 6.03 Å². The molecule has 3 rings (SSSR count). The molecule has 23 heavy (non-hydrogen) atoms. The highest BCUT2D eigenvalue weighted by Crippen LogP contribution is 2.26. The SMILES string of the molecule is Cc1cc(C=NNC(N)=O)c(C)n1-c1cccc2ccccc12. The molecule has 3 aromatic rings. The second kappa shape index (κ2) is 5.96. The van der Waals surface area contributed by atoms with Gasteiger partial charge in [0, 0.05) is 22.3 Å². The molecule has 0 fully saturated rings. The molecule has 0 radical (unpaired) electrons. The maximum absolute atomic E-state index is 10.7. The van der Waals surface area contributed by atoms with Gasteiger partial charge in [-0.05, 0) is 31.4 Å². The van der Waals surface area contributed by atoms with Gasteiger partial charge in [-0.2, -0.15) is 5.10 Å². The normalized spacial score (nSPS) is 11.2. The highest BCUT2D eigenvalue weighted by molar-refractivity contribution is 5.91. The monoisotopic (exact) mass is 306 g/mol. The Balaban J connectivity index is 2.11. The molecule has 0 aliphatic carbocycles. The number of nitrogens with two attached hydrogens (primary N) is 1. The Hall–Kier alpha value is -3.08. The van der Waals surface area contributed by atoms with E-state index in [0.717, 1.165) is 22.6 Å². The molecule has 116 valence electrons. The number of hydrogen-bond acceptors (Lipinski definition) is 2. The Morgan fingerprint density at radius 1 is 1.17 bits per heavy atom. The van der Waals surface area contributed by atoms with E-state index >= 15 is 0 Å². The van der Waals surface area contributed by atoms with E-state index in [-0.39, 0.29) is 0 Å². The smallest absolute Gasteiger partial charge is 0.332 e. The van der Waals surface area contributed by atoms with Crippen molar-refractivity contribution in [1.29, 1.82) is 0 Å². The third-order valence-electron chi connectivity index (χ3n) is 3.86. The number of rotatable bonds is 3. The minimum atomic E-state index is -0.677. The molecule has 0 aliphatic rings. The summed E-state index contributed by atoms with van der Waals surface area (Å²) in [5.41, 5.74) is 11.4. The lowest BCUT2D eigenvalue weighted by molar-refractivity contribution is 0.249. The number of amides is 2. The molecule has 0 aliphatic heterocycles. The molecular formula is C18H18N4O. The van der Waals surface area contributed by atoms with Crippen LogP contribution in [0.4, 0.5) is 4.79 Å². The van der Waals surface area contributed by atoms with Crippen molar-refractivity contribution in [2.24, 2.45) is 10.8 Å². The summed E-state index contributed by atoms with van der Waals surface area (Å²) in [5.74, 6) is 0. The average Bonchev–Trinajstić information content (AvgIpc) is 2.81. The molecular weight excluding hydrogens is 288 g/mol. The average molecular weight is 306 g/mol. The first-order chi connectivity index (χ1) is 11.1. The van der Waals surface area contributed by atoms with Crippen molar-refractivity contribution in [2.75, 3.05) is 0 Å². The summed E-state index contributed by atoms with van der Waals surface area (Å²) in [6.07, 6.45) is 1.61. The Morgan fingerprint density at radius 3 is 2.70 bits per heavy atom. The summed E-state index contributed by atoms with van der Waals surface area (Å²) in [6, 6.07) is 15.9. The molecule has 5 heteroatoms. The van der Waals surface area contributed by atoms with E-state index in [2.05, 4.69) is 45.4 Å². The number of benzene rings is 2. The molecule has 0 saturated heterocycles. The van der Waals surface area contributed by atoms with Crippen LogP contribution in [0.2, 0.25) is 0 Å². The van der Waals surface area contributed by atoms with Gasteiger partial charge in [0.1, 0.15) is 0 Å². The zero-order valence-corrected chi connectivity index (χ0v) is 13.1. The molecule has 0 saturated carbocycles. The first-order valence-corrected chi connectivity index (χ1v) is 7.33. The summed E-state index contributed by atoms with van der Waals surface area (Å²) in [5, 5.41) is 6.24. The minimum absolute atomic E-state index is 0.677. The van der Waals surface area contributed by atoms with Crippen LogP contribution < -0.4 is 11.2 Å². The van der Waals surface area contributed by atoms with Crippen LogP contribution in [0.25, 0.3) is 16.5 Å². The Morgan fingerprint density at radius 2 is 1.91 bits per heavy atom. The topological polar surface area (TPSA) is 72.4 Å². The van der Waals surface area contributed by atoms with Gasteiger partial charge in [-0.3, -0.25) is 0 Å². The van der Waals surface area contributed by atoms with Crippen molar-refractivity contribution >= 4 is 23.0 Å². The molecule has 1 heterocycles. The van der Waals surface area contributed by atoms with Crippen molar-refractivity contribution < 1.29 is 4.79 Å². The van der Waals surface area contributed by atoms with Crippen molar-refractivity contribution in [3.8, 4) is 5.69 Å². The minimum Gasteiger partial charge on any atom is -0.350 e. The Kier molecular flexibility index (Phi) is 3.85. The summed E-state index contributed by atoms with van der Waals surface area (Å²) in [4.78, 5) is 10.7. The van der Waals surface area contributed by atoms with E-state index in [4.69, 9.17) is 5.73 Å². The van der Waals surface area contributed by atoms with Gasteiger partial charge < -0.3 is 10.3 Å². The first kappa shape index (κ1) is 14.8. The second-order valence-electron chi connectivity index (χ2n) is 5.39. The Bertz CT molecular complexity index is 903. The molecule has 0 unspecified atom stereocenters. The lowest BCUT2D eigenvalue weighted by Crippen LogP contribution is -2.24. The van der Waals surface area contributed by atoms with E-state index in [0.29, 0.717) is 0 Å². The van der Waals surface area contributed by atoms with Gasteiger partial charge in [0.15, 0.2) is 0 Å². The molecule has 5 nitrogen and oxygen atoms in total. The fraction of sp³-hybridized carbons (Fsp3) is 0.111. The number of aryl methyl sites for hydroxylation is 1. The third-order valence-corrected chi connectivity index (χ3v) is 3.86. The predicted molar refractivity (Wildman–Crippen MR) is 93.1 cm³/mol. The van der Waals surface area contributed by atoms with Crippen LogP contribution in [0.3, 0.4) is 0 Å². The number of primary amides is 1. The number of fused-ring (bicyclic) bond motifs is 1. The lowest BCUT2D eigenvalue weighted by Gasteiger charge is -2.12. The van der Waals surface area contributed by atoms with Crippen LogP contribution in [0.1, 0.15) is 17.0 Å². The maximum atomic E-state index is 10.7. The summed E-state index contributed by atoms with van der Waals surface area (Å²) in [6.45, 7) is 4.08. The van der Waals surface area contributed by atoms with E-state index in [1.54, 1.807) is 6.21 Å². The van der Waals surface area contributed by atoms with Gasteiger partial charge in [-0.1, -0.05) is 36.4 Å². The number of nitrogens with zero attached hydrogens (tertiary/aromatic N) is 2. The first-order valence-electron chi connectivity index (χ1n) is 7.33. The summed E-state index contributed by atoms with van der Waals surface area (Å²) in [7, 11) is 0. The van der Waals surface area contributed by atoms with Crippen molar-refractivity contribution in [3.05, 3.63) is 65.5 Å². The second-order valence-corrected chi connectivity index (χ2v) is 5.39. The molecule has 2 amide bonds. The van der Waals surface area contributed by atoms with Crippen LogP contribution in [0.15, 0.2) is 53.6 Å². The van der Waals surface area contributed by atoms with Gasteiger partial charge >= 0.3 is 6.03 Å². The molecule has 0 atom stereocenters. The number of urea groups is 1. The highest BCUT2D eigenvalue weighted by atomic mass is 16.2.